The lowest BCUT2D eigenvalue weighted by atomic mass is 9.91. The van der Waals surface area contributed by atoms with Crippen molar-refractivity contribution in [2.75, 3.05) is 32.7 Å². The van der Waals surface area contributed by atoms with Gasteiger partial charge in [0.05, 0.1) is 0 Å². The van der Waals surface area contributed by atoms with Crippen LogP contribution in [0.4, 0.5) is 4.79 Å². The maximum atomic E-state index is 12.2. The summed E-state index contributed by atoms with van der Waals surface area (Å²) in [6.07, 6.45) is 4.74. The summed E-state index contributed by atoms with van der Waals surface area (Å²) in [5.74, 6) is 0.822. The summed E-state index contributed by atoms with van der Waals surface area (Å²) in [6, 6.07) is 1.35. The van der Waals surface area contributed by atoms with Crippen LogP contribution in [0.25, 0.3) is 0 Å². The van der Waals surface area contributed by atoms with Crippen molar-refractivity contribution in [3.05, 3.63) is 0 Å². The molecule has 0 spiro atoms. The van der Waals surface area contributed by atoms with Gasteiger partial charge in [0.15, 0.2) is 0 Å². The van der Waals surface area contributed by atoms with Crippen molar-refractivity contribution in [1.82, 2.24) is 15.1 Å². The molecule has 0 aromatic rings. The van der Waals surface area contributed by atoms with Gasteiger partial charge in [-0.05, 0) is 58.9 Å². The monoisotopic (exact) mass is 309 g/mol. The molecule has 0 saturated carbocycles. The van der Waals surface area contributed by atoms with Gasteiger partial charge < -0.3 is 15.0 Å². The molecular formula is C17H31N3O2. The van der Waals surface area contributed by atoms with Gasteiger partial charge in [0.1, 0.15) is 5.60 Å². The second kappa shape index (κ2) is 6.36. The van der Waals surface area contributed by atoms with Crippen molar-refractivity contribution in [2.24, 2.45) is 5.92 Å². The van der Waals surface area contributed by atoms with Crippen LogP contribution in [-0.4, -0.2) is 66.3 Å². The van der Waals surface area contributed by atoms with Gasteiger partial charge in [0, 0.05) is 38.3 Å². The second-order valence-corrected chi connectivity index (χ2v) is 8.15. The average Bonchev–Trinajstić information content (AvgIpc) is 2.81. The number of amides is 1. The molecule has 5 nitrogen and oxygen atoms in total. The normalized spacial score (nSPS) is 31.1. The zero-order chi connectivity index (χ0) is 15.7. The lowest BCUT2D eigenvalue weighted by Crippen LogP contribution is -2.54. The third-order valence-corrected chi connectivity index (χ3v) is 5.24. The molecule has 4 saturated heterocycles. The maximum Gasteiger partial charge on any atom is 0.410 e. The van der Waals surface area contributed by atoms with Gasteiger partial charge in [-0.25, -0.2) is 4.79 Å². The SMILES string of the molecule is CC(C)(C)OC(=O)N1CCC(N2CC3CCC2CNC3)CC1. The molecule has 1 N–H and O–H groups in total. The number of carbonyl (C=O) groups is 1. The van der Waals surface area contributed by atoms with E-state index in [4.69, 9.17) is 4.74 Å². The summed E-state index contributed by atoms with van der Waals surface area (Å²) in [6.45, 7) is 11.0. The summed E-state index contributed by atoms with van der Waals surface area (Å²) in [7, 11) is 0. The van der Waals surface area contributed by atoms with Crippen molar-refractivity contribution in [2.45, 2.75) is 64.1 Å². The second-order valence-electron chi connectivity index (χ2n) is 8.15. The third-order valence-electron chi connectivity index (χ3n) is 5.24. The molecule has 4 aliphatic heterocycles. The molecule has 4 heterocycles. The van der Waals surface area contributed by atoms with Crippen LogP contribution in [0.2, 0.25) is 0 Å². The summed E-state index contributed by atoms with van der Waals surface area (Å²) >= 11 is 0. The fourth-order valence-electron chi connectivity index (χ4n) is 4.13. The van der Waals surface area contributed by atoms with Gasteiger partial charge >= 0.3 is 6.09 Å². The number of likely N-dealkylation sites (tertiary alicyclic amines) is 1. The number of rotatable bonds is 1. The Labute approximate surface area is 134 Å². The summed E-state index contributed by atoms with van der Waals surface area (Å²) in [4.78, 5) is 16.8. The Morgan fingerprint density at radius 1 is 1.05 bits per heavy atom. The van der Waals surface area contributed by atoms with Gasteiger partial charge in [-0.2, -0.15) is 0 Å². The highest BCUT2D eigenvalue weighted by molar-refractivity contribution is 5.68. The van der Waals surface area contributed by atoms with Crippen LogP contribution in [0.1, 0.15) is 46.5 Å². The van der Waals surface area contributed by atoms with Crippen LogP contribution in [0, 0.1) is 5.92 Å². The van der Waals surface area contributed by atoms with Crippen LogP contribution in [-0.2, 0) is 4.74 Å². The molecule has 2 atom stereocenters. The molecule has 0 aromatic carbocycles. The first-order chi connectivity index (χ1) is 10.4. The Morgan fingerprint density at radius 3 is 2.45 bits per heavy atom. The lowest BCUT2D eigenvalue weighted by molar-refractivity contribution is 0.00580. The molecule has 4 fully saturated rings. The fraction of sp³-hybridized carbons (Fsp3) is 0.941. The first-order valence-electron chi connectivity index (χ1n) is 8.87. The van der Waals surface area contributed by atoms with Gasteiger partial charge in [0.2, 0.25) is 0 Å². The minimum absolute atomic E-state index is 0.148. The molecule has 5 heteroatoms. The number of carbonyl (C=O) groups excluding carboxylic acids is 1. The molecule has 0 aromatic heterocycles. The maximum absolute atomic E-state index is 12.2. The zero-order valence-corrected chi connectivity index (χ0v) is 14.3. The molecule has 2 unspecified atom stereocenters. The molecule has 4 aliphatic rings. The number of piperidine rings is 2. The number of fused-ring (bicyclic) bond motifs is 4. The van der Waals surface area contributed by atoms with Gasteiger partial charge in [-0.1, -0.05) is 0 Å². The molecule has 126 valence electrons. The van der Waals surface area contributed by atoms with Crippen LogP contribution in [0.3, 0.4) is 0 Å². The van der Waals surface area contributed by atoms with Crippen LogP contribution < -0.4 is 5.32 Å². The molecule has 2 bridgehead atoms. The first-order valence-corrected chi connectivity index (χ1v) is 8.87. The topological polar surface area (TPSA) is 44.8 Å². The molecule has 4 rings (SSSR count). The van der Waals surface area contributed by atoms with Crippen LogP contribution >= 0.6 is 0 Å². The van der Waals surface area contributed by atoms with E-state index in [1.54, 1.807) is 0 Å². The molecule has 22 heavy (non-hydrogen) atoms. The first kappa shape index (κ1) is 16.1. The van der Waals surface area contributed by atoms with Gasteiger partial charge in [0.25, 0.3) is 0 Å². The summed E-state index contributed by atoms with van der Waals surface area (Å²) in [5, 5.41) is 3.60. The smallest absolute Gasteiger partial charge is 0.410 e. The highest BCUT2D eigenvalue weighted by Crippen LogP contribution is 2.30. The molecule has 1 amide bonds. The number of hydrogen-bond donors (Lipinski definition) is 1. The predicted molar refractivity (Wildman–Crippen MR) is 86.9 cm³/mol. The molecule has 0 aliphatic carbocycles. The molecule has 0 radical (unpaired) electrons. The van der Waals surface area contributed by atoms with Crippen molar-refractivity contribution >= 4 is 6.09 Å². The van der Waals surface area contributed by atoms with Crippen LogP contribution in [0.5, 0.6) is 0 Å². The van der Waals surface area contributed by atoms with E-state index in [9.17, 15) is 4.79 Å². The lowest BCUT2D eigenvalue weighted by Gasteiger charge is -2.45. The average molecular weight is 309 g/mol. The number of nitrogens with one attached hydrogen (secondary N) is 1. The van der Waals surface area contributed by atoms with Crippen LogP contribution in [0.15, 0.2) is 0 Å². The van der Waals surface area contributed by atoms with E-state index in [1.807, 2.05) is 25.7 Å². The third kappa shape index (κ3) is 3.74. The Hall–Kier alpha value is -0.810. The molecular weight excluding hydrogens is 278 g/mol. The number of hydrogen-bond acceptors (Lipinski definition) is 4. The summed E-state index contributed by atoms with van der Waals surface area (Å²) < 4.78 is 5.49. The van der Waals surface area contributed by atoms with Crippen molar-refractivity contribution in [1.29, 1.82) is 0 Å². The van der Waals surface area contributed by atoms with E-state index >= 15 is 0 Å². The highest BCUT2D eigenvalue weighted by Gasteiger charge is 2.37. The Morgan fingerprint density at radius 2 is 1.77 bits per heavy atom. The largest absolute Gasteiger partial charge is 0.444 e. The Bertz CT molecular complexity index is 395. The van der Waals surface area contributed by atoms with E-state index in [0.717, 1.165) is 38.4 Å². The quantitative estimate of drug-likeness (QED) is 0.805. The van der Waals surface area contributed by atoms with E-state index in [1.165, 1.54) is 25.9 Å². The minimum Gasteiger partial charge on any atom is -0.444 e. The highest BCUT2D eigenvalue weighted by atomic mass is 16.6. The van der Waals surface area contributed by atoms with Gasteiger partial charge in [-0.3, -0.25) is 4.90 Å². The van der Waals surface area contributed by atoms with Crippen molar-refractivity contribution < 1.29 is 9.53 Å². The standard InChI is InChI=1S/C17H31N3O2/c1-17(2,3)22-16(21)19-8-6-14(7-9-19)20-12-13-4-5-15(20)11-18-10-13/h13-15,18H,4-12H2,1-3H3. The summed E-state index contributed by atoms with van der Waals surface area (Å²) in [5.41, 5.74) is -0.399. The Kier molecular flexibility index (Phi) is 4.64. The van der Waals surface area contributed by atoms with E-state index < -0.39 is 5.60 Å². The fourth-order valence-corrected chi connectivity index (χ4v) is 4.13. The minimum atomic E-state index is -0.399. The van der Waals surface area contributed by atoms with E-state index in [2.05, 4.69) is 10.2 Å². The van der Waals surface area contributed by atoms with Crippen molar-refractivity contribution in [3.63, 3.8) is 0 Å². The Balaban J connectivity index is 1.52. The number of nitrogens with zero attached hydrogens (tertiary/aromatic N) is 2. The predicted octanol–water partition coefficient (Wildman–Crippen LogP) is 2.07. The van der Waals surface area contributed by atoms with Crippen molar-refractivity contribution in [3.8, 4) is 0 Å². The zero-order valence-electron chi connectivity index (χ0n) is 14.3. The number of ether oxygens (including phenoxy) is 1. The van der Waals surface area contributed by atoms with E-state index in [-0.39, 0.29) is 6.09 Å². The van der Waals surface area contributed by atoms with E-state index in [0.29, 0.717) is 12.1 Å². The van der Waals surface area contributed by atoms with Gasteiger partial charge in [-0.15, -0.1) is 0 Å².